The Hall–Kier alpha value is 1.02. The van der Waals surface area contributed by atoms with Crippen molar-refractivity contribution in [1.82, 2.24) is 0 Å². The van der Waals surface area contributed by atoms with Gasteiger partial charge in [-0.05, 0) is 18.9 Å². The van der Waals surface area contributed by atoms with Crippen LogP contribution in [0.4, 0.5) is 4.39 Å². The van der Waals surface area contributed by atoms with Crippen molar-refractivity contribution in [3.63, 3.8) is 0 Å². The molecule has 0 N–H and O–H groups in total. The van der Waals surface area contributed by atoms with E-state index in [1.54, 1.807) is 0 Å². The van der Waals surface area contributed by atoms with E-state index in [0.717, 1.165) is 32.1 Å². The number of unbranched alkanes of at least 4 members (excludes halogenated alkanes) is 3. The van der Waals surface area contributed by atoms with E-state index in [9.17, 15) is 4.39 Å². The first-order chi connectivity index (χ1) is 6.95. The van der Waals surface area contributed by atoms with Crippen LogP contribution in [0.1, 0.15) is 51.9 Å². The number of alkyl halides is 1. The molecule has 0 spiro atoms. The molecule has 1 atom stereocenters. The zero-order chi connectivity index (χ0) is 11.7. The lowest BCUT2D eigenvalue weighted by Gasteiger charge is -2.09. The van der Waals surface area contributed by atoms with E-state index in [-0.39, 0.29) is 0 Å². The van der Waals surface area contributed by atoms with Gasteiger partial charge in [0.25, 0.3) is 0 Å². The van der Waals surface area contributed by atoms with Crippen LogP contribution in [0.2, 0.25) is 6.04 Å². The molecule has 0 radical (unpaired) electrons. The van der Waals surface area contributed by atoms with E-state index >= 15 is 0 Å². The minimum Gasteiger partial charge on any atom is -0.247 e. The molecule has 0 aliphatic heterocycles. The summed E-state index contributed by atoms with van der Waals surface area (Å²) >= 11 is 17.2. The first-order valence-electron chi connectivity index (χ1n) is 5.66. The highest BCUT2D eigenvalue weighted by atomic mass is 35.8. The molecule has 0 nitrogen and oxygen atoms in total. The van der Waals surface area contributed by atoms with Crippen molar-refractivity contribution >= 4 is 39.2 Å². The summed E-state index contributed by atoms with van der Waals surface area (Å²) in [5, 5.41) is 0. The summed E-state index contributed by atoms with van der Waals surface area (Å²) in [6.07, 6.45) is 5.61. The smallest absolute Gasteiger partial charge is 0.247 e. The van der Waals surface area contributed by atoms with Gasteiger partial charge in [-0.1, -0.05) is 39.0 Å². The van der Waals surface area contributed by atoms with Gasteiger partial charge < -0.3 is 0 Å². The zero-order valence-electron chi connectivity index (χ0n) is 9.25. The molecule has 0 saturated heterocycles. The maximum atomic E-state index is 13.3. The number of rotatable bonds is 9. The van der Waals surface area contributed by atoms with E-state index in [0.29, 0.717) is 18.9 Å². The quantitative estimate of drug-likeness (QED) is 0.289. The fraction of sp³-hybridized carbons (Fsp3) is 1.00. The maximum absolute atomic E-state index is 13.3. The SMILES string of the molecule is CCCCCC(F)CCCC[Si](Cl)(Cl)Cl. The van der Waals surface area contributed by atoms with Gasteiger partial charge in [-0.15, -0.1) is 33.2 Å². The Labute approximate surface area is 108 Å². The first kappa shape index (κ1) is 16.0. The van der Waals surface area contributed by atoms with Gasteiger partial charge in [0.1, 0.15) is 6.17 Å². The minimum absolute atomic E-state index is 0.624. The van der Waals surface area contributed by atoms with Crippen LogP contribution < -0.4 is 0 Å². The zero-order valence-corrected chi connectivity index (χ0v) is 12.5. The number of hydrogen-bond acceptors (Lipinski definition) is 0. The molecule has 92 valence electrons. The predicted molar refractivity (Wildman–Crippen MR) is 71.0 cm³/mol. The molecule has 15 heavy (non-hydrogen) atoms. The highest BCUT2D eigenvalue weighted by Crippen LogP contribution is 2.27. The summed E-state index contributed by atoms with van der Waals surface area (Å²) in [5.41, 5.74) is 0. The molecule has 0 saturated carbocycles. The second kappa shape index (κ2) is 9.09. The van der Waals surface area contributed by atoms with E-state index in [4.69, 9.17) is 33.2 Å². The molecular weight excluding hydrogens is 274 g/mol. The van der Waals surface area contributed by atoms with Gasteiger partial charge in [-0.2, -0.15) is 0 Å². The van der Waals surface area contributed by atoms with Gasteiger partial charge in [0.05, 0.1) is 0 Å². The third-order valence-corrected chi connectivity index (χ3v) is 4.97. The minimum atomic E-state index is -2.47. The Morgan fingerprint density at radius 2 is 1.53 bits per heavy atom. The van der Waals surface area contributed by atoms with Gasteiger partial charge in [0, 0.05) is 0 Å². The summed E-state index contributed by atoms with van der Waals surface area (Å²) in [6, 6.07) is -1.81. The van der Waals surface area contributed by atoms with Gasteiger partial charge in [-0.3, -0.25) is 0 Å². The van der Waals surface area contributed by atoms with Gasteiger partial charge in [0.2, 0.25) is 0 Å². The van der Waals surface area contributed by atoms with Crippen molar-refractivity contribution in [2.75, 3.05) is 0 Å². The van der Waals surface area contributed by atoms with Crippen LogP contribution in [0.15, 0.2) is 0 Å². The predicted octanol–water partition coefficient (Wildman–Crippen LogP) is 5.73. The van der Waals surface area contributed by atoms with Gasteiger partial charge in [0.15, 0.2) is 0 Å². The summed E-state index contributed by atoms with van der Waals surface area (Å²) in [5.74, 6) is 0. The van der Waals surface area contributed by atoms with Crippen LogP contribution in [-0.2, 0) is 0 Å². The number of hydrogen-bond donors (Lipinski definition) is 0. The largest absolute Gasteiger partial charge is 0.341 e. The molecule has 0 aromatic rings. The lowest BCUT2D eigenvalue weighted by molar-refractivity contribution is 0.282. The first-order valence-corrected chi connectivity index (χ1v) is 10.9. The fourth-order valence-electron chi connectivity index (χ4n) is 1.45. The van der Waals surface area contributed by atoms with E-state index in [2.05, 4.69) is 6.92 Å². The molecule has 5 heteroatoms. The summed E-state index contributed by atoms with van der Waals surface area (Å²) in [7, 11) is 0. The molecule has 0 aliphatic rings. The Morgan fingerprint density at radius 1 is 1.00 bits per heavy atom. The maximum Gasteiger partial charge on any atom is 0.341 e. The van der Waals surface area contributed by atoms with Gasteiger partial charge in [-0.25, -0.2) is 4.39 Å². The summed E-state index contributed by atoms with van der Waals surface area (Å²) < 4.78 is 13.3. The highest BCUT2D eigenvalue weighted by Gasteiger charge is 2.23. The van der Waals surface area contributed by atoms with Crippen molar-refractivity contribution in [3.8, 4) is 0 Å². The van der Waals surface area contributed by atoms with Crippen LogP contribution >= 0.6 is 33.2 Å². The molecule has 0 aromatic carbocycles. The molecule has 0 rings (SSSR count). The average molecular weight is 294 g/mol. The lowest BCUT2D eigenvalue weighted by Crippen LogP contribution is -2.08. The normalized spacial score (nSPS) is 14.2. The molecule has 0 aromatic heterocycles. The topological polar surface area (TPSA) is 0 Å². The Morgan fingerprint density at radius 3 is 2.00 bits per heavy atom. The Bertz CT molecular complexity index is 150. The molecule has 0 heterocycles. The van der Waals surface area contributed by atoms with Crippen molar-refractivity contribution in [2.24, 2.45) is 0 Å². The van der Waals surface area contributed by atoms with Crippen LogP contribution in [-0.4, -0.2) is 12.2 Å². The fourth-order valence-corrected chi connectivity index (χ4v) is 3.31. The van der Waals surface area contributed by atoms with Crippen LogP contribution in [0, 0.1) is 0 Å². The van der Waals surface area contributed by atoms with Crippen molar-refractivity contribution in [2.45, 2.75) is 64.1 Å². The van der Waals surface area contributed by atoms with E-state index < -0.39 is 12.2 Å². The Kier molecular flexibility index (Phi) is 9.71. The molecule has 0 bridgehead atoms. The third-order valence-electron chi connectivity index (χ3n) is 2.35. The average Bonchev–Trinajstić information content (AvgIpc) is 2.11. The van der Waals surface area contributed by atoms with Crippen molar-refractivity contribution in [1.29, 1.82) is 0 Å². The van der Waals surface area contributed by atoms with Crippen molar-refractivity contribution < 1.29 is 4.39 Å². The monoisotopic (exact) mass is 292 g/mol. The van der Waals surface area contributed by atoms with Gasteiger partial charge >= 0.3 is 6.00 Å². The van der Waals surface area contributed by atoms with Crippen LogP contribution in [0.3, 0.4) is 0 Å². The van der Waals surface area contributed by atoms with E-state index in [1.807, 2.05) is 0 Å². The second-order valence-corrected chi connectivity index (χ2v) is 13.2. The summed E-state index contributed by atoms with van der Waals surface area (Å²) in [4.78, 5) is 0. The third kappa shape index (κ3) is 13.0. The van der Waals surface area contributed by atoms with Crippen molar-refractivity contribution in [3.05, 3.63) is 0 Å². The highest BCUT2D eigenvalue weighted by molar-refractivity contribution is 7.64. The lowest BCUT2D eigenvalue weighted by atomic mass is 10.1. The summed E-state index contributed by atoms with van der Waals surface area (Å²) in [6.45, 7) is 2.12. The second-order valence-electron chi connectivity index (χ2n) is 3.95. The Balaban J connectivity index is 3.27. The molecular formula is C10H20Cl3FSi. The van der Waals surface area contributed by atoms with Crippen LogP contribution in [0.5, 0.6) is 0 Å². The molecule has 0 fully saturated rings. The molecule has 0 amide bonds. The number of halogens is 4. The van der Waals surface area contributed by atoms with Crippen LogP contribution in [0.25, 0.3) is 0 Å². The van der Waals surface area contributed by atoms with E-state index in [1.165, 1.54) is 0 Å². The molecule has 0 aliphatic carbocycles. The molecule has 1 unspecified atom stereocenters. The standard InChI is InChI=1S/C10H20Cl3FSi/c1-2-3-4-7-10(14)8-5-6-9-15(11,12)13/h10H,2-9H2,1H3.